The second-order valence-corrected chi connectivity index (χ2v) is 12.5. The molecule has 1 aromatic carbocycles. The molecule has 3 saturated carbocycles. The van der Waals surface area contributed by atoms with Crippen LogP contribution in [0.25, 0.3) is 0 Å². The fourth-order valence-corrected chi connectivity index (χ4v) is 7.08. The molecule has 3 aliphatic rings. The van der Waals surface area contributed by atoms with E-state index in [0.717, 1.165) is 43.2 Å². The second kappa shape index (κ2) is 10.4. The number of Topliss-reactive ketones (excluding diaryl/α,β-unsaturated/α-hetero) is 2. The summed E-state index contributed by atoms with van der Waals surface area (Å²) in [5.41, 5.74) is 2.19. The van der Waals surface area contributed by atoms with Crippen molar-refractivity contribution in [1.29, 1.82) is 0 Å². The highest BCUT2D eigenvalue weighted by atomic mass is 32.2. The highest BCUT2D eigenvalue weighted by Gasteiger charge is 2.41. The van der Waals surface area contributed by atoms with E-state index in [1.807, 2.05) is 6.07 Å². The molecule has 1 heterocycles. The van der Waals surface area contributed by atoms with Gasteiger partial charge in [-0.3, -0.25) is 14.6 Å². The zero-order valence-electron chi connectivity index (χ0n) is 20.3. The Bertz CT molecular complexity index is 1240. The summed E-state index contributed by atoms with van der Waals surface area (Å²) < 4.78 is 31.4. The van der Waals surface area contributed by atoms with Crippen molar-refractivity contribution < 1.29 is 27.9 Å². The standard InChI is InChI=1S/C27H32N2O6S/c30-9-10-35-27-16-28-20(15-29-27)14-25(32)23(12-17-1-5-21(31)11-17)19-4-8-26(24(13-19)18-2-3-18)36(33,34)22-6-7-22/h4,8,13,15-18,22-23,30H,1-3,5-7,9-12,14H2/t17-,23+/m0/s1. The number of rotatable bonds is 12. The monoisotopic (exact) mass is 512 g/mol. The minimum absolute atomic E-state index is 0.0211. The summed E-state index contributed by atoms with van der Waals surface area (Å²) in [6.45, 7) is -0.0121. The second-order valence-electron chi connectivity index (χ2n) is 10.3. The molecule has 2 atom stereocenters. The first kappa shape index (κ1) is 25.0. The number of sulfone groups is 1. The Morgan fingerprint density at radius 3 is 2.53 bits per heavy atom. The van der Waals surface area contributed by atoms with Crippen LogP contribution in [-0.4, -0.2) is 53.5 Å². The zero-order chi connectivity index (χ0) is 25.3. The van der Waals surface area contributed by atoms with Gasteiger partial charge in [-0.1, -0.05) is 12.1 Å². The van der Waals surface area contributed by atoms with Crippen LogP contribution in [0.2, 0.25) is 0 Å². The number of ether oxygens (including phenoxy) is 1. The van der Waals surface area contributed by atoms with Crippen molar-refractivity contribution in [2.75, 3.05) is 13.2 Å². The molecule has 3 aliphatic carbocycles. The highest BCUT2D eigenvalue weighted by Crippen LogP contribution is 2.47. The van der Waals surface area contributed by atoms with Crippen molar-refractivity contribution in [1.82, 2.24) is 9.97 Å². The van der Waals surface area contributed by atoms with Crippen molar-refractivity contribution in [2.24, 2.45) is 5.92 Å². The first-order chi connectivity index (χ1) is 17.3. The van der Waals surface area contributed by atoms with Crippen LogP contribution in [0.4, 0.5) is 0 Å². The molecule has 1 N–H and O–H groups in total. The van der Waals surface area contributed by atoms with Crippen molar-refractivity contribution >= 4 is 21.4 Å². The maximum absolute atomic E-state index is 13.6. The molecule has 0 spiro atoms. The number of ketones is 2. The van der Waals surface area contributed by atoms with E-state index < -0.39 is 15.8 Å². The molecule has 3 fully saturated rings. The van der Waals surface area contributed by atoms with Gasteiger partial charge in [0.1, 0.15) is 18.2 Å². The lowest BCUT2D eigenvalue weighted by Gasteiger charge is -2.21. The number of aromatic nitrogens is 2. The van der Waals surface area contributed by atoms with Crippen molar-refractivity contribution in [2.45, 2.75) is 79.8 Å². The van der Waals surface area contributed by atoms with Crippen LogP contribution < -0.4 is 4.74 Å². The van der Waals surface area contributed by atoms with Gasteiger partial charge in [-0.2, -0.15) is 0 Å². The molecule has 0 amide bonds. The largest absolute Gasteiger partial charge is 0.474 e. The normalized spacial score (nSPS) is 20.9. The average molecular weight is 513 g/mol. The van der Waals surface area contributed by atoms with Crippen LogP contribution in [-0.2, 0) is 25.8 Å². The van der Waals surface area contributed by atoms with E-state index >= 15 is 0 Å². The Morgan fingerprint density at radius 1 is 1.11 bits per heavy atom. The van der Waals surface area contributed by atoms with Gasteiger partial charge in [0.25, 0.3) is 0 Å². The van der Waals surface area contributed by atoms with Gasteiger partial charge in [0.05, 0.1) is 41.3 Å². The van der Waals surface area contributed by atoms with Gasteiger partial charge < -0.3 is 9.84 Å². The molecule has 0 radical (unpaired) electrons. The molecule has 2 aromatic rings. The molecule has 192 valence electrons. The molecule has 8 nitrogen and oxygen atoms in total. The molecule has 36 heavy (non-hydrogen) atoms. The predicted octanol–water partition coefficient (Wildman–Crippen LogP) is 3.32. The maximum atomic E-state index is 13.6. The van der Waals surface area contributed by atoms with E-state index in [2.05, 4.69) is 9.97 Å². The van der Waals surface area contributed by atoms with Crippen LogP contribution in [0.15, 0.2) is 35.5 Å². The summed E-state index contributed by atoms with van der Waals surface area (Å²) in [6, 6.07) is 5.46. The van der Waals surface area contributed by atoms with E-state index in [1.54, 1.807) is 12.1 Å². The lowest BCUT2D eigenvalue weighted by Crippen LogP contribution is -2.20. The maximum Gasteiger partial charge on any atom is 0.232 e. The third-order valence-electron chi connectivity index (χ3n) is 7.41. The summed E-state index contributed by atoms with van der Waals surface area (Å²) in [5.74, 6) is 0.430. The minimum atomic E-state index is -3.33. The Kier molecular flexibility index (Phi) is 7.21. The number of hydrogen-bond acceptors (Lipinski definition) is 8. The third-order valence-corrected chi connectivity index (χ3v) is 9.74. The number of aliphatic hydroxyl groups is 1. The molecule has 0 unspecified atom stereocenters. The molecule has 5 rings (SSSR count). The van der Waals surface area contributed by atoms with E-state index in [0.29, 0.717) is 29.9 Å². The SMILES string of the molecule is O=C1CC[C@H](C[C@@H](C(=O)Cc2cnc(OCCO)cn2)c2ccc(S(=O)(=O)C3CC3)c(C3CC3)c2)C1. The Balaban J connectivity index is 1.41. The van der Waals surface area contributed by atoms with E-state index in [-0.39, 0.29) is 54.2 Å². The summed E-state index contributed by atoms with van der Waals surface area (Å²) >= 11 is 0. The highest BCUT2D eigenvalue weighted by molar-refractivity contribution is 7.92. The van der Waals surface area contributed by atoms with Crippen LogP contribution in [0.3, 0.4) is 0 Å². The van der Waals surface area contributed by atoms with Gasteiger partial charge >= 0.3 is 0 Å². The number of nitrogens with zero attached hydrogens (tertiary/aromatic N) is 2. The summed E-state index contributed by atoms with van der Waals surface area (Å²) in [4.78, 5) is 34.4. The number of benzene rings is 1. The smallest absolute Gasteiger partial charge is 0.232 e. The number of carbonyl (C=O) groups excluding carboxylic acids is 2. The van der Waals surface area contributed by atoms with Gasteiger partial charge in [0.15, 0.2) is 9.84 Å². The fourth-order valence-electron chi connectivity index (χ4n) is 5.15. The molecule has 0 aliphatic heterocycles. The van der Waals surface area contributed by atoms with Crippen LogP contribution >= 0.6 is 0 Å². The third kappa shape index (κ3) is 5.67. The minimum Gasteiger partial charge on any atom is -0.474 e. The van der Waals surface area contributed by atoms with Gasteiger partial charge in [0.2, 0.25) is 5.88 Å². The van der Waals surface area contributed by atoms with Crippen molar-refractivity contribution in [3.05, 3.63) is 47.4 Å². The lowest BCUT2D eigenvalue weighted by molar-refractivity contribution is -0.121. The zero-order valence-corrected chi connectivity index (χ0v) is 21.1. The first-order valence-corrected chi connectivity index (χ1v) is 14.4. The van der Waals surface area contributed by atoms with E-state index in [9.17, 15) is 18.0 Å². The summed E-state index contributed by atoms with van der Waals surface area (Å²) in [7, 11) is -3.33. The Labute approximate surface area is 211 Å². The predicted molar refractivity (Wildman–Crippen MR) is 132 cm³/mol. The first-order valence-electron chi connectivity index (χ1n) is 12.8. The van der Waals surface area contributed by atoms with Crippen LogP contribution in [0.5, 0.6) is 5.88 Å². The van der Waals surface area contributed by atoms with E-state index in [4.69, 9.17) is 9.84 Å². The van der Waals surface area contributed by atoms with Gasteiger partial charge in [-0.25, -0.2) is 13.4 Å². The number of aliphatic hydroxyl groups excluding tert-OH is 1. The van der Waals surface area contributed by atoms with E-state index in [1.165, 1.54) is 12.4 Å². The van der Waals surface area contributed by atoms with Gasteiger partial charge in [-0.05, 0) is 67.6 Å². The fraction of sp³-hybridized carbons (Fsp3) is 0.556. The summed E-state index contributed by atoms with van der Waals surface area (Å²) in [6.07, 6.45) is 8.78. The topological polar surface area (TPSA) is 124 Å². The quantitative estimate of drug-likeness (QED) is 0.459. The summed E-state index contributed by atoms with van der Waals surface area (Å²) in [5, 5.41) is 8.61. The molecular weight excluding hydrogens is 480 g/mol. The van der Waals surface area contributed by atoms with Gasteiger partial charge in [0, 0.05) is 18.8 Å². The molecule has 0 bridgehead atoms. The molecule has 9 heteroatoms. The molecular formula is C27H32N2O6S. The van der Waals surface area contributed by atoms with Crippen LogP contribution in [0.1, 0.15) is 80.0 Å². The van der Waals surface area contributed by atoms with Crippen molar-refractivity contribution in [3.8, 4) is 5.88 Å². The Hall–Kier alpha value is -2.65. The lowest BCUT2D eigenvalue weighted by atomic mass is 9.83. The Morgan fingerprint density at radius 2 is 1.92 bits per heavy atom. The van der Waals surface area contributed by atoms with Gasteiger partial charge in [-0.15, -0.1) is 0 Å². The average Bonchev–Trinajstić information content (AvgIpc) is 3.79. The number of carbonyl (C=O) groups is 2. The molecule has 1 aromatic heterocycles. The number of hydrogen-bond donors (Lipinski definition) is 1. The van der Waals surface area contributed by atoms with Crippen LogP contribution in [0, 0.1) is 5.92 Å². The molecule has 0 saturated heterocycles. The van der Waals surface area contributed by atoms with Crippen molar-refractivity contribution in [3.63, 3.8) is 0 Å².